The number of rotatable bonds is 4. The first-order valence-corrected chi connectivity index (χ1v) is 6.46. The Balaban J connectivity index is 2.78. The standard InChI is InChI=1S/C15H22N2O2/c1-10(2)17(13(5)18)9-14(19)16-15-11(3)7-6-8-12(15)4/h6-8,10H,9H2,1-5H3,(H,16,19). The summed E-state index contributed by atoms with van der Waals surface area (Å²) >= 11 is 0. The lowest BCUT2D eigenvalue weighted by Crippen LogP contribution is -2.41. The SMILES string of the molecule is CC(=O)N(CC(=O)Nc1c(C)cccc1C)C(C)C. The van der Waals surface area contributed by atoms with Crippen LogP contribution in [0.2, 0.25) is 0 Å². The van der Waals surface area contributed by atoms with Crippen molar-refractivity contribution in [2.24, 2.45) is 0 Å². The molecule has 4 nitrogen and oxygen atoms in total. The van der Waals surface area contributed by atoms with Gasteiger partial charge in [0.05, 0.1) is 0 Å². The van der Waals surface area contributed by atoms with E-state index in [9.17, 15) is 9.59 Å². The van der Waals surface area contributed by atoms with Gasteiger partial charge in [-0.25, -0.2) is 0 Å². The van der Waals surface area contributed by atoms with Gasteiger partial charge < -0.3 is 10.2 Å². The van der Waals surface area contributed by atoms with Crippen LogP contribution in [0.1, 0.15) is 31.9 Å². The molecular weight excluding hydrogens is 240 g/mol. The summed E-state index contributed by atoms with van der Waals surface area (Å²) in [6, 6.07) is 5.87. The summed E-state index contributed by atoms with van der Waals surface area (Å²) in [5.41, 5.74) is 2.87. The quantitative estimate of drug-likeness (QED) is 0.906. The second kappa shape index (κ2) is 6.36. The third-order valence-corrected chi connectivity index (χ3v) is 3.09. The lowest BCUT2D eigenvalue weighted by molar-refractivity contribution is -0.134. The molecule has 2 amide bonds. The van der Waals surface area contributed by atoms with E-state index in [2.05, 4.69) is 5.32 Å². The van der Waals surface area contributed by atoms with Crippen molar-refractivity contribution in [3.05, 3.63) is 29.3 Å². The average Bonchev–Trinajstić information content (AvgIpc) is 2.30. The van der Waals surface area contributed by atoms with Crippen LogP contribution < -0.4 is 5.32 Å². The zero-order valence-electron chi connectivity index (χ0n) is 12.3. The lowest BCUT2D eigenvalue weighted by atomic mass is 10.1. The number of benzene rings is 1. The van der Waals surface area contributed by atoms with E-state index >= 15 is 0 Å². The summed E-state index contributed by atoms with van der Waals surface area (Å²) in [6.07, 6.45) is 0. The van der Waals surface area contributed by atoms with Crippen molar-refractivity contribution < 1.29 is 9.59 Å². The molecule has 0 aliphatic heterocycles. The maximum absolute atomic E-state index is 12.0. The Labute approximate surface area is 114 Å². The molecule has 0 radical (unpaired) electrons. The minimum atomic E-state index is -0.165. The summed E-state index contributed by atoms with van der Waals surface area (Å²) in [4.78, 5) is 25.0. The first-order chi connectivity index (χ1) is 8.82. The molecule has 19 heavy (non-hydrogen) atoms. The third kappa shape index (κ3) is 4.09. The summed E-state index contributed by atoms with van der Waals surface area (Å²) < 4.78 is 0. The predicted octanol–water partition coefficient (Wildman–Crippen LogP) is 2.50. The van der Waals surface area contributed by atoms with E-state index in [1.54, 1.807) is 4.90 Å². The topological polar surface area (TPSA) is 49.4 Å². The van der Waals surface area contributed by atoms with E-state index in [1.165, 1.54) is 6.92 Å². The Morgan fingerprint density at radius 1 is 1.21 bits per heavy atom. The zero-order valence-corrected chi connectivity index (χ0v) is 12.3. The van der Waals surface area contributed by atoms with Gasteiger partial charge in [-0.1, -0.05) is 18.2 Å². The van der Waals surface area contributed by atoms with Gasteiger partial charge in [0.2, 0.25) is 11.8 Å². The molecule has 0 aromatic heterocycles. The second-order valence-corrected chi connectivity index (χ2v) is 5.06. The van der Waals surface area contributed by atoms with Crippen molar-refractivity contribution >= 4 is 17.5 Å². The molecule has 1 N–H and O–H groups in total. The number of aryl methyl sites for hydroxylation is 2. The molecule has 0 unspecified atom stereocenters. The highest BCUT2D eigenvalue weighted by atomic mass is 16.2. The minimum Gasteiger partial charge on any atom is -0.331 e. The van der Waals surface area contributed by atoms with Crippen LogP contribution in [0.3, 0.4) is 0 Å². The number of amides is 2. The normalized spacial score (nSPS) is 10.4. The number of carbonyl (C=O) groups is 2. The Bertz CT molecular complexity index is 461. The molecule has 0 aliphatic carbocycles. The third-order valence-electron chi connectivity index (χ3n) is 3.09. The van der Waals surface area contributed by atoms with E-state index < -0.39 is 0 Å². The highest BCUT2D eigenvalue weighted by Gasteiger charge is 2.17. The molecule has 0 bridgehead atoms. The largest absolute Gasteiger partial charge is 0.331 e. The van der Waals surface area contributed by atoms with Crippen molar-refractivity contribution in [2.75, 3.05) is 11.9 Å². The molecule has 0 aliphatic rings. The van der Waals surface area contributed by atoms with Gasteiger partial charge in [0.1, 0.15) is 6.54 Å². The molecule has 1 aromatic carbocycles. The number of para-hydroxylation sites is 1. The van der Waals surface area contributed by atoms with Crippen molar-refractivity contribution in [3.8, 4) is 0 Å². The number of anilines is 1. The van der Waals surface area contributed by atoms with Crippen molar-refractivity contribution in [2.45, 2.75) is 40.7 Å². The number of nitrogens with one attached hydrogen (secondary N) is 1. The Kier molecular flexibility index (Phi) is 5.10. The van der Waals surface area contributed by atoms with Crippen molar-refractivity contribution in [1.82, 2.24) is 4.90 Å². The van der Waals surface area contributed by atoms with Crippen LogP contribution >= 0.6 is 0 Å². The molecule has 0 saturated heterocycles. The molecule has 104 valence electrons. The highest BCUT2D eigenvalue weighted by Crippen LogP contribution is 2.19. The number of hydrogen-bond acceptors (Lipinski definition) is 2. The van der Waals surface area contributed by atoms with Gasteiger partial charge in [0.25, 0.3) is 0 Å². The van der Waals surface area contributed by atoms with Gasteiger partial charge in [-0.05, 0) is 38.8 Å². The molecule has 0 saturated carbocycles. The number of hydrogen-bond donors (Lipinski definition) is 1. The van der Waals surface area contributed by atoms with Crippen molar-refractivity contribution in [1.29, 1.82) is 0 Å². The fraction of sp³-hybridized carbons (Fsp3) is 0.467. The van der Waals surface area contributed by atoms with Crippen LogP contribution in [0.15, 0.2) is 18.2 Å². The van der Waals surface area contributed by atoms with E-state index in [0.29, 0.717) is 0 Å². The van der Waals surface area contributed by atoms with Gasteiger partial charge in [-0.3, -0.25) is 9.59 Å². The maximum Gasteiger partial charge on any atom is 0.244 e. The maximum atomic E-state index is 12.0. The van der Waals surface area contributed by atoms with E-state index in [4.69, 9.17) is 0 Å². The Hall–Kier alpha value is -1.84. The predicted molar refractivity (Wildman–Crippen MR) is 77.1 cm³/mol. The van der Waals surface area contributed by atoms with Crippen LogP contribution in [0.4, 0.5) is 5.69 Å². The van der Waals surface area contributed by atoms with Crippen molar-refractivity contribution in [3.63, 3.8) is 0 Å². The van der Waals surface area contributed by atoms with Crippen LogP contribution in [-0.4, -0.2) is 29.3 Å². The van der Waals surface area contributed by atoms with Gasteiger partial charge in [0.15, 0.2) is 0 Å². The minimum absolute atomic E-state index is 0.0150. The van der Waals surface area contributed by atoms with Crippen LogP contribution in [0.5, 0.6) is 0 Å². The second-order valence-electron chi connectivity index (χ2n) is 5.06. The Morgan fingerprint density at radius 3 is 2.16 bits per heavy atom. The van der Waals surface area contributed by atoms with E-state index in [0.717, 1.165) is 16.8 Å². The summed E-state index contributed by atoms with van der Waals surface area (Å²) in [5, 5.41) is 2.89. The molecule has 0 atom stereocenters. The number of carbonyl (C=O) groups excluding carboxylic acids is 2. The molecule has 0 heterocycles. The Morgan fingerprint density at radius 2 is 1.74 bits per heavy atom. The van der Waals surface area contributed by atoms with Gasteiger partial charge in [-0.2, -0.15) is 0 Å². The van der Waals surface area contributed by atoms with Crippen LogP contribution in [-0.2, 0) is 9.59 Å². The monoisotopic (exact) mass is 262 g/mol. The smallest absolute Gasteiger partial charge is 0.244 e. The van der Waals surface area contributed by atoms with E-state index in [-0.39, 0.29) is 24.4 Å². The van der Waals surface area contributed by atoms with Gasteiger partial charge >= 0.3 is 0 Å². The number of nitrogens with zero attached hydrogens (tertiary/aromatic N) is 1. The molecule has 4 heteroatoms. The zero-order chi connectivity index (χ0) is 14.6. The van der Waals surface area contributed by atoms with Crippen LogP contribution in [0, 0.1) is 13.8 Å². The molecular formula is C15H22N2O2. The summed E-state index contributed by atoms with van der Waals surface area (Å²) in [5.74, 6) is -0.257. The lowest BCUT2D eigenvalue weighted by Gasteiger charge is -2.25. The highest BCUT2D eigenvalue weighted by molar-refractivity contribution is 5.95. The molecule has 0 spiro atoms. The fourth-order valence-corrected chi connectivity index (χ4v) is 2.00. The molecule has 1 rings (SSSR count). The molecule has 1 aromatic rings. The fourth-order valence-electron chi connectivity index (χ4n) is 2.00. The first-order valence-electron chi connectivity index (χ1n) is 6.46. The van der Waals surface area contributed by atoms with Gasteiger partial charge in [-0.15, -0.1) is 0 Å². The summed E-state index contributed by atoms with van der Waals surface area (Å²) in [7, 11) is 0. The van der Waals surface area contributed by atoms with E-state index in [1.807, 2.05) is 45.9 Å². The summed E-state index contributed by atoms with van der Waals surface area (Å²) in [6.45, 7) is 9.26. The van der Waals surface area contributed by atoms with Gasteiger partial charge in [0, 0.05) is 18.7 Å². The molecule has 0 fully saturated rings. The first kappa shape index (κ1) is 15.2. The average molecular weight is 262 g/mol. The van der Waals surface area contributed by atoms with Crippen LogP contribution in [0.25, 0.3) is 0 Å².